The van der Waals surface area contributed by atoms with E-state index in [-0.39, 0.29) is 36.4 Å². The van der Waals surface area contributed by atoms with E-state index in [9.17, 15) is 4.79 Å². The lowest BCUT2D eigenvalue weighted by molar-refractivity contribution is -0.130. The van der Waals surface area contributed by atoms with E-state index in [1.165, 1.54) is 6.42 Å². The maximum atomic E-state index is 12.3. The van der Waals surface area contributed by atoms with Crippen LogP contribution in [0.5, 0.6) is 0 Å². The van der Waals surface area contributed by atoms with Crippen molar-refractivity contribution < 1.29 is 4.79 Å². The van der Waals surface area contributed by atoms with Crippen LogP contribution in [-0.4, -0.2) is 59.5 Å². The molecule has 142 valence electrons. The average molecular weight is 482 g/mol. The zero-order valence-corrected chi connectivity index (χ0v) is 18.4. The predicted molar refractivity (Wildman–Crippen MR) is 114 cm³/mol. The zero-order chi connectivity index (χ0) is 17.5. The van der Waals surface area contributed by atoms with Gasteiger partial charge in [-0.3, -0.25) is 4.79 Å². The molecular weight excluding hydrogens is 453 g/mol. The molecule has 1 aliphatic heterocycles. The Morgan fingerprint density at radius 3 is 2.60 bits per heavy atom. The lowest BCUT2D eigenvalue weighted by Crippen LogP contribution is -2.41. The van der Waals surface area contributed by atoms with Crippen molar-refractivity contribution in [1.82, 2.24) is 19.7 Å². The highest BCUT2D eigenvalue weighted by atomic mass is 127. The molecular formula is C17H29ClIN5O. The van der Waals surface area contributed by atoms with Crippen molar-refractivity contribution in [1.29, 1.82) is 0 Å². The monoisotopic (exact) mass is 481 g/mol. The van der Waals surface area contributed by atoms with E-state index in [2.05, 4.69) is 10.3 Å². The van der Waals surface area contributed by atoms with Crippen LogP contribution >= 0.6 is 35.6 Å². The van der Waals surface area contributed by atoms with Gasteiger partial charge in [-0.05, 0) is 32.3 Å². The third-order valence-electron chi connectivity index (χ3n) is 4.24. The molecule has 0 atom stereocenters. The smallest absolute Gasteiger partial charge is 0.244 e. The zero-order valence-electron chi connectivity index (χ0n) is 15.3. The molecule has 0 bridgehead atoms. The van der Waals surface area contributed by atoms with Crippen LogP contribution < -0.4 is 5.32 Å². The molecule has 8 heteroatoms. The molecule has 0 radical (unpaired) electrons. The molecule has 6 nitrogen and oxygen atoms in total. The Balaban J connectivity index is 0.00000312. The first-order valence-electron chi connectivity index (χ1n) is 8.59. The number of carbonyl (C=O) groups excluding carboxylic acids is 1. The van der Waals surface area contributed by atoms with E-state index in [1.807, 2.05) is 47.6 Å². The maximum absolute atomic E-state index is 12.3. The van der Waals surface area contributed by atoms with Gasteiger partial charge in [0.15, 0.2) is 5.96 Å². The molecule has 1 amide bonds. The summed E-state index contributed by atoms with van der Waals surface area (Å²) < 4.78 is 2.00. The van der Waals surface area contributed by atoms with E-state index in [0.29, 0.717) is 6.54 Å². The third-order valence-corrected chi connectivity index (χ3v) is 4.45. The Hall–Kier alpha value is -0.960. The number of aromatic nitrogens is 1. The maximum Gasteiger partial charge on any atom is 0.244 e. The summed E-state index contributed by atoms with van der Waals surface area (Å²) in [6.45, 7) is 5.38. The summed E-state index contributed by atoms with van der Waals surface area (Å²) in [7, 11) is 3.94. The SMILES string of the molecule is CCNC(=NCC(=O)N1CCCCC1)N(C)Cc1cc(Cl)cn1C.I. The standard InChI is InChI=1S/C17H28ClN5O.HI/c1-4-19-17(20-11-16(24)23-8-6-5-7-9-23)22(3)13-15-10-14(18)12-21(15)2;/h10,12H,4-9,11,13H2,1-3H3,(H,19,20);1H. The van der Waals surface area contributed by atoms with Crippen LogP contribution in [0.1, 0.15) is 31.9 Å². The van der Waals surface area contributed by atoms with Gasteiger partial charge in [-0.15, -0.1) is 24.0 Å². The molecule has 0 unspecified atom stereocenters. The van der Waals surface area contributed by atoms with Crippen LogP contribution in [-0.2, 0) is 18.4 Å². The highest BCUT2D eigenvalue weighted by Gasteiger charge is 2.17. The minimum atomic E-state index is 0. The number of rotatable bonds is 5. The lowest BCUT2D eigenvalue weighted by atomic mass is 10.1. The molecule has 1 aliphatic rings. The summed E-state index contributed by atoms with van der Waals surface area (Å²) in [5.74, 6) is 0.848. The van der Waals surface area contributed by atoms with Crippen LogP contribution in [0.4, 0.5) is 0 Å². The van der Waals surface area contributed by atoms with Crippen molar-refractivity contribution in [2.75, 3.05) is 33.2 Å². The second-order valence-electron chi connectivity index (χ2n) is 6.23. The van der Waals surface area contributed by atoms with Crippen LogP contribution in [0.2, 0.25) is 5.02 Å². The Bertz CT molecular complexity index is 584. The Morgan fingerprint density at radius 1 is 1.36 bits per heavy atom. The molecule has 25 heavy (non-hydrogen) atoms. The number of nitrogens with one attached hydrogen (secondary N) is 1. The molecule has 0 spiro atoms. The van der Waals surface area contributed by atoms with E-state index in [4.69, 9.17) is 11.6 Å². The lowest BCUT2D eigenvalue weighted by Gasteiger charge is -2.27. The normalized spacial score (nSPS) is 14.9. The van der Waals surface area contributed by atoms with Gasteiger partial charge >= 0.3 is 0 Å². The summed E-state index contributed by atoms with van der Waals surface area (Å²) >= 11 is 6.04. The van der Waals surface area contributed by atoms with Gasteiger partial charge in [0.2, 0.25) is 5.91 Å². The number of aryl methyl sites for hydroxylation is 1. The second kappa shape index (κ2) is 10.9. The summed E-state index contributed by atoms with van der Waals surface area (Å²) in [5, 5.41) is 3.98. The van der Waals surface area contributed by atoms with Crippen molar-refractivity contribution in [3.8, 4) is 0 Å². The van der Waals surface area contributed by atoms with E-state index < -0.39 is 0 Å². The van der Waals surface area contributed by atoms with Gasteiger partial charge in [0.25, 0.3) is 0 Å². The largest absolute Gasteiger partial charge is 0.357 e. The minimum Gasteiger partial charge on any atom is -0.357 e. The van der Waals surface area contributed by atoms with Crippen LogP contribution in [0, 0.1) is 0 Å². The topological polar surface area (TPSA) is 52.9 Å². The molecule has 0 aromatic carbocycles. The van der Waals surface area contributed by atoms with E-state index in [1.54, 1.807) is 0 Å². The number of likely N-dealkylation sites (tertiary alicyclic amines) is 1. The summed E-state index contributed by atoms with van der Waals surface area (Å²) in [6, 6.07) is 1.94. The van der Waals surface area contributed by atoms with E-state index >= 15 is 0 Å². The van der Waals surface area contributed by atoms with Gasteiger partial charge in [-0.2, -0.15) is 0 Å². The average Bonchev–Trinajstić information content (AvgIpc) is 2.89. The number of nitrogens with zero attached hydrogens (tertiary/aromatic N) is 4. The van der Waals surface area contributed by atoms with Crippen LogP contribution in [0.3, 0.4) is 0 Å². The van der Waals surface area contributed by atoms with Crippen molar-refractivity contribution in [2.24, 2.45) is 12.0 Å². The fourth-order valence-corrected chi connectivity index (χ4v) is 3.17. The number of hydrogen-bond acceptors (Lipinski definition) is 2. The molecule has 1 N–H and O–H groups in total. The van der Waals surface area contributed by atoms with Crippen molar-refractivity contribution in [2.45, 2.75) is 32.7 Å². The predicted octanol–water partition coefficient (Wildman–Crippen LogP) is 2.71. The van der Waals surface area contributed by atoms with Gasteiger partial charge in [0.05, 0.1) is 11.6 Å². The third kappa shape index (κ3) is 6.69. The molecule has 1 aromatic heterocycles. The fraction of sp³-hybridized carbons (Fsp3) is 0.647. The van der Waals surface area contributed by atoms with Gasteiger partial charge in [0.1, 0.15) is 6.54 Å². The number of piperidine rings is 1. The van der Waals surface area contributed by atoms with Crippen molar-refractivity contribution in [3.63, 3.8) is 0 Å². The molecule has 2 rings (SSSR count). The van der Waals surface area contributed by atoms with Gasteiger partial charge in [-0.1, -0.05) is 11.6 Å². The van der Waals surface area contributed by atoms with Gasteiger partial charge in [-0.25, -0.2) is 4.99 Å². The Morgan fingerprint density at radius 2 is 2.04 bits per heavy atom. The number of guanidine groups is 1. The van der Waals surface area contributed by atoms with E-state index in [0.717, 1.165) is 49.2 Å². The first-order valence-corrected chi connectivity index (χ1v) is 8.97. The first kappa shape index (κ1) is 22.1. The number of amides is 1. The van der Waals surface area contributed by atoms with Gasteiger partial charge < -0.3 is 19.7 Å². The molecule has 1 fully saturated rings. The molecule has 1 aromatic rings. The highest BCUT2D eigenvalue weighted by molar-refractivity contribution is 14.0. The molecule has 1 saturated heterocycles. The molecule has 0 saturated carbocycles. The number of aliphatic imine (C=N–C) groups is 1. The van der Waals surface area contributed by atoms with Crippen molar-refractivity contribution in [3.05, 3.63) is 23.0 Å². The van der Waals surface area contributed by atoms with Gasteiger partial charge in [0, 0.05) is 45.6 Å². The molecule has 2 heterocycles. The van der Waals surface area contributed by atoms with Crippen LogP contribution in [0.15, 0.2) is 17.3 Å². The molecule has 0 aliphatic carbocycles. The summed E-state index contributed by atoms with van der Waals surface area (Å²) in [4.78, 5) is 20.8. The minimum absolute atomic E-state index is 0. The number of carbonyl (C=O) groups is 1. The Kier molecular flexibility index (Phi) is 9.63. The van der Waals surface area contributed by atoms with Crippen LogP contribution in [0.25, 0.3) is 0 Å². The second-order valence-corrected chi connectivity index (χ2v) is 6.66. The summed E-state index contributed by atoms with van der Waals surface area (Å²) in [5.41, 5.74) is 1.09. The fourth-order valence-electron chi connectivity index (χ4n) is 2.90. The van der Waals surface area contributed by atoms with Crippen molar-refractivity contribution >= 4 is 47.4 Å². The highest BCUT2D eigenvalue weighted by Crippen LogP contribution is 2.14. The summed E-state index contributed by atoms with van der Waals surface area (Å²) in [6.07, 6.45) is 5.31. The first-order chi connectivity index (χ1) is 11.5. The quantitative estimate of drug-likeness (QED) is 0.400. The number of halogens is 2. The Labute approximate surface area is 172 Å². The number of hydrogen-bond donors (Lipinski definition) is 1.